The molecule has 33 heavy (non-hydrogen) atoms. The van der Waals surface area contributed by atoms with Gasteiger partial charge in [-0.25, -0.2) is 4.79 Å². The molecule has 2 aromatic rings. The lowest BCUT2D eigenvalue weighted by Gasteiger charge is -2.24. The minimum atomic E-state index is -1.31. The van der Waals surface area contributed by atoms with Crippen molar-refractivity contribution in [1.82, 2.24) is 15.1 Å². The van der Waals surface area contributed by atoms with Crippen LogP contribution in [0.4, 0.5) is 4.79 Å². The Morgan fingerprint density at radius 3 is 2.48 bits per heavy atom. The Kier molecular flexibility index (Phi) is 4.99. The molecule has 1 N–H and O–H groups in total. The number of ether oxygens (including phenoxy) is 4. The molecular weight excluding hydrogens is 430 g/mol. The lowest BCUT2D eigenvalue weighted by atomic mass is 9.91. The number of hydrogen-bond acceptors (Lipinski definition) is 7. The Morgan fingerprint density at radius 1 is 1.00 bits per heavy atom. The molecule has 1 unspecified atom stereocenters. The first-order valence-electron chi connectivity index (χ1n) is 10.5. The molecule has 172 valence electrons. The fraction of sp³-hybridized carbons (Fsp3) is 0.348. The van der Waals surface area contributed by atoms with Crippen LogP contribution < -0.4 is 24.3 Å². The van der Waals surface area contributed by atoms with E-state index in [1.165, 1.54) is 4.90 Å². The lowest BCUT2D eigenvalue weighted by Crippen LogP contribution is -2.43. The quantitative estimate of drug-likeness (QED) is 0.686. The van der Waals surface area contributed by atoms with E-state index < -0.39 is 17.5 Å². The van der Waals surface area contributed by atoms with E-state index in [2.05, 4.69) is 5.32 Å². The molecular formula is C23H23N3O7. The largest absolute Gasteiger partial charge is 0.486 e. The molecule has 1 atom stereocenters. The molecule has 1 fully saturated rings. The predicted molar refractivity (Wildman–Crippen MR) is 114 cm³/mol. The number of urea groups is 1. The number of fused-ring (bicyclic) bond motifs is 2. The second kappa shape index (κ2) is 7.88. The highest BCUT2D eigenvalue weighted by molar-refractivity contribution is 6.09. The van der Waals surface area contributed by atoms with Crippen LogP contribution in [0.15, 0.2) is 36.4 Å². The Labute approximate surface area is 189 Å². The highest BCUT2D eigenvalue weighted by Crippen LogP contribution is 2.38. The van der Waals surface area contributed by atoms with Crippen molar-refractivity contribution in [3.05, 3.63) is 47.5 Å². The zero-order chi connectivity index (χ0) is 23.2. The molecule has 1 saturated heterocycles. The van der Waals surface area contributed by atoms with E-state index in [-0.39, 0.29) is 19.2 Å². The molecule has 0 saturated carbocycles. The minimum absolute atomic E-state index is 0.103. The summed E-state index contributed by atoms with van der Waals surface area (Å²) in [7, 11) is 1.62. The molecule has 0 aliphatic carbocycles. The number of rotatable bonds is 5. The summed E-state index contributed by atoms with van der Waals surface area (Å²) in [5.74, 6) is 1.50. The second-order valence-corrected chi connectivity index (χ2v) is 8.24. The van der Waals surface area contributed by atoms with Crippen LogP contribution in [0.1, 0.15) is 18.1 Å². The van der Waals surface area contributed by atoms with Crippen molar-refractivity contribution in [3.8, 4) is 23.0 Å². The molecule has 3 heterocycles. The Morgan fingerprint density at radius 2 is 1.67 bits per heavy atom. The first-order chi connectivity index (χ1) is 15.8. The number of carbonyl (C=O) groups excluding carboxylic acids is 3. The summed E-state index contributed by atoms with van der Waals surface area (Å²) in [5, 5.41) is 2.71. The van der Waals surface area contributed by atoms with Gasteiger partial charge < -0.3 is 29.2 Å². The van der Waals surface area contributed by atoms with Crippen molar-refractivity contribution in [2.24, 2.45) is 0 Å². The number of carbonyl (C=O) groups is 3. The van der Waals surface area contributed by atoms with Gasteiger partial charge in [-0.1, -0.05) is 12.1 Å². The summed E-state index contributed by atoms with van der Waals surface area (Å²) in [6.45, 7) is 2.60. The molecule has 3 aliphatic heterocycles. The van der Waals surface area contributed by atoms with Gasteiger partial charge in [0.1, 0.15) is 25.3 Å². The highest BCUT2D eigenvalue weighted by atomic mass is 16.7. The van der Waals surface area contributed by atoms with Gasteiger partial charge in [0.05, 0.1) is 0 Å². The number of amides is 4. The molecule has 4 amide bonds. The Hall–Kier alpha value is -3.95. The summed E-state index contributed by atoms with van der Waals surface area (Å²) < 4.78 is 21.8. The van der Waals surface area contributed by atoms with E-state index in [1.54, 1.807) is 38.2 Å². The number of nitrogens with zero attached hydrogens (tertiary/aromatic N) is 2. The Bertz CT molecular complexity index is 1150. The van der Waals surface area contributed by atoms with Gasteiger partial charge in [-0.05, 0) is 42.3 Å². The van der Waals surface area contributed by atoms with Gasteiger partial charge in [-0.15, -0.1) is 0 Å². The summed E-state index contributed by atoms with van der Waals surface area (Å²) in [6.07, 6.45) is 0. The van der Waals surface area contributed by atoms with Gasteiger partial charge in [-0.3, -0.25) is 14.5 Å². The van der Waals surface area contributed by atoms with Crippen LogP contribution >= 0.6 is 0 Å². The van der Waals surface area contributed by atoms with Crippen LogP contribution in [0.5, 0.6) is 23.0 Å². The monoisotopic (exact) mass is 453 g/mol. The SMILES string of the molecule is CN(Cc1ccc2c(c1)OCCO2)C(=O)CN1C(=O)NC(C)(c2ccc3c(c2)OCO3)C1=O. The van der Waals surface area contributed by atoms with Crippen molar-refractivity contribution in [1.29, 1.82) is 0 Å². The normalized spacial score (nSPS) is 20.6. The molecule has 2 aromatic carbocycles. The maximum atomic E-state index is 13.2. The fourth-order valence-electron chi connectivity index (χ4n) is 4.05. The summed E-state index contributed by atoms with van der Waals surface area (Å²) in [5.41, 5.74) is 0.0782. The van der Waals surface area contributed by atoms with Crippen LogP contribution in [0, 0.1) is 0 Å². The van der Waals surface area contributed by atoms with Crippen molar-refractivity contribution in [3.63, 3.8) is 0 Å². The van der Waals surface area contributed by atoms with E-state index in [0.29, 0.717) is 48.3 Å². The minimum Gasteiger partial charge on any atom is -0.486 e. The Balaban J connectivity index is 1.27. The van der Waals surface area contributed by atoms with Crippen molar-refractivity contribution < 1.29 is 33.3 Å². The average Bonchev–Trinajstić information content (AvgIpc) is 3.37. The number of hydrogen-bond donors (Lipinski definition) is 1. The van der Waals surface area contributed by atoms with E-state index in [4.69, 9.17) is 18.9 Å². The topological polar surface area (TPSA) is 107 Å². The van der Waals surface area contributed by atoms with Gasteiger partial charge in [0.2, 0.25) is 12.7 Å². The molecule has 10 nitrogen and oxygen atoms in total. The average molecular weight is 453 g/mol. The van der Waals surface area contributed by atoms with Crippen molar-refractivity contribution in [2.75, 3.05) is 33.6 Å². The van der Waals surface area contributed by atoms with Gasteiger partial charge in [0.15, 0.2) is 23.0 Å². The van der Waals surface area contributed by atoms with Gasteiger partial charge >= 0.3 is 6.03 Å². The summed E-state index contributed by atoms with van der Waals surface area (Å²) in [4.78, 5) is 41.0. The smallest absolute Gasteiger partial charge is 0.325 e. The van der Waals surface area contributed by atoms with Gasteiger partial charge in [-0.2, -0.15) is 0 Å². The zero-order valence-electron chi connectivity index (χ0n) is 18.3. The third-order valence-corrected chi connectivity index (χ3v) is 5.97. The predicted octanol–water partition coefficient (Wildman–Crippen LogP) is 1.61. The maximum absolute atomic E-state index is 13.2. The van der Waals surface area contributed by atoms with Crippen LogP contribution in [0.25, 0.3) is 0 Å². The maximum Gasteiger partial charge on any atom is 0.325 e. The molecule has 3 aliphatic rings. The molecule has 5 rings (SSSR count). The summed E-state index contributed by atoms with van der Waals surface area (Å²) >= 11 is 0. The third kappa shape index (κ3) is 3.67. The second-order valence-electron chi connectivity index (χ2n) is 8.24. The standard InChI is InChI=1S/C23H23N3O7/c1-23(15-4-6-17-19(10-15)33-13-32-17)21(28)26(22(29)24-23)12-20(27)25(2)11-14-3-5-16-18(9-14)31-8-7-30-16/h3-6,9-10H,7-8,11-13H2,1-2H3,(H,24,29). The van der Waals surface area contributed by atoms with Crippen LogP contribution in [0.3, 0.4) is 0 Å². The summed E-state index contributed by atoms with van der Waals surface area (Å²) in [6, 6.07) is 9.91. The van der Waals surface area contributed by atoms with Crippen LogP contribution in [0.2, 0.25) is 0 Å². The third-order valence-electron chi connectivity index (χ3n) is 5.97. The molecule has 10 heteroatoms. The molecule has 0 radical (unpaired) electrons. The van der Waals surface area contributed by atoms with E-state index in [1.807, 2.05) is 12.1 Å². The van der Waals surface area contributed by atoms with E-state index in [9.17, 15) is 14.4 Å². The molecule has 0 aromatic heterocycles. The first kappa shape index (κ1) is 20.9. The highest BCUT2D eigenvalue weighted by Gasteiger charge is 2.50. The van der Waals surface area contributed by atoms with Gasteiger partial charge in [0.25, 0.3) is 5.91 Å². The van der Waals surface area contributed by atoms with Crippen molar-refractivity contribution >= 4 is 17.8 Å². The molecule has 0 spiro atoms. The van der Waals surface area contributed by atoms with E-state index >= 15 is 0 Å². The molecule has 0 bridgehead atoms. The van der Waals surface area contributed by atoms with Crippen LogP contribution in [-0.2, 0) is 21.7 Å². The van der Waals surface area contributed by atoms with Gasteiger partial charge in [0, 0.05) is 13.6 Å². The first-order valence-corrected chi connectivity index (χ1v) is 10.5. The number of likely N-dealkylation sites (N-methyl/N-ethyl adjacent to an activating group) is 1. The number of imide groups is 1. The lowest BCUT2D eigenvalue weighted by molar-refractivity contribution is -0.138. The van der Waals surface area contributed by atoms with Crippen LogP contribution in [-0.4, -0.2) is 61.2 Å². The number of nitrogens with one attached hydrogen (secondary N) is 1. The zero-order valence-corrected chi connectivity index (χ0v) is 18.3. The van der Waals surface area contributed by atoms with Crippen molar-refractivity contribution in [2.45, 2.75) is 19.0 Å². The van der Waals surface area contributed by atoms with E-state index in [0.717, 1.165) is 10.5 Å². The fourth-order valence-corrected chi connectivity index (χ4v) is 4.05. The number of benzene rings is 2.